The van der Waals surface area contributed by atoms with Crippen LogP contribution in [0.4, 0.5) is 23.4 Å². The Morgan fingerprint density at radius 2 is 1.83 bits per heavy atom. The minimum atomic E-state index is -5.06. The largest absolute Gasteiger partial charge is 0.508 e. The number of likely N-dealkylation sites (tertiary alicyclic amines) is 1. The van der Waals surface area contributed by atoms with E-state index in [0.29, 0.717) is 37.0 Å². The van der Waals surface area contributed by atoms with E-state index in [9.17, 15) is 9.90 Å². The van der Waals surface area contributed by atoms with Gasteiger partial charge in [0.25, 0.3) is 5.56 Å². The molecule has 9 nitrogen and oxygen atoms in total. The molecule has 1 aliphatic carbocycles. The standard InChI is InChI=1S/C35H38F4N6O3/c1-2-24-26(36)8-5-20-13-23(46)14-27(29(20)24)45-28(35(37,38)39)15-25-30(32(45)47)41-33(42-31(25)44-16-21-6-7-22(17-44)40-21)48-19-34(9-10-34)18-43-11-3-4-12-43/h5,8,13-15,21-22,40,46H,2-4,6-7,9-12,16-19H2,1H3/t21-,22+/i19D2. The third-order valence-corrected chi connectivity index (χ3v) is 10.3. The predicted molar refractivity (Wildman–Crippen MR) is 174 cm³/mol. The molecule has 2 aromatic heterocycles. The van der Waals surface area contributed by atoms with E-state index >= 15 is 17.6 Å². The maximum absolute atomic E-state index is 15.1. The number of nitrogens with zero attached hydrogens (tertiary/aromatic N) is 5. The Labute approximate surface area is 277 Å². The van der Waals surface area contributed by atoms with Gasteiger partial charge < -0.3 is 25.0 Å². The van der Waals surface area contributed by atoms with Crippen molar-refractivity contribution in [3.63, 3.8) is 0 Å². The average Bonchev–Trinajstić information content (AvgIpc) is 3.54. The van der Waals surface area contributed by atoms with Crippen molar-refractivity contribution in [3.8, 4) is 17.4 Å². The van der Waals surface area contributed by atoms with Crippen LogP contribution in [0.2, 0.25) is 0 Å². The first-order valence-corrected chi connectivity index (χ1v) is 16.7. The summed E-state index contributed by atoms with van der Waals surface area (Å²) >= 11 is 0. The summed E-state index contributed by atoms with van der Waals surface area (Å²) in [5, 5.41) is 14.3. The molecule has 254 valence electrons. The quantitative estimate of drug-likeness (QED) is 0.236. The Bertz CT molecular complexity index is 2050. The molecule has 8 rings (SSSR count). The van der Waals surface area contributed by atoms with Crippen molar-refractivity contribution in [3.05, 3.63) is 57.8 Å². The monoisotopic (exact) mass is 668 g/mol. The van der Waals surface area contributed by atoms with Gasteiger partial charge in [-0.3, -0.25) is 9.36 Å². The number of piperazine rings is 1. The Morgan fingerprint density at radius 1 is 1.10 bits per heavy atom. The number of aryl methyl sites for hydroxylation is 1. The number of hydrogen-bond donors (Lipinski definition) is 2. The van der Waals surface area contributed by atoms with Gasteiger partial charge in [0.2, 0.25) is 0 Å². The molecule has 0 unspecified atom stereocenters. The Balaban J connectivity index is 1.35. The van der Waals surface area contributed by atoms with Crippen LogP contribution in [0.1, 0.15) is 59.4 Å². The Morgan fingerprint density at radius 3 is 2.50 bits per heavy atom. The van der Waals surface area contributed by atoms with Gasteiger partial charge in [0.05, 0.1) is 20.4 Å². The summed E-state index contributed by atoms with van der Waals surface area (Å²) in [6.07, 6.45) is 0.0298. The molecule has 3 aliphatic heterocycles. The maximum Gasteiger partial charge on any atom is 0.431 e. The highest BCUT2D eigenvalue weighted by Gasteiger charge is 2.45. The maximum atomic E-state index is 15.1. The number of phenols is 1. The van der Waals surface area contributed by atoms with E-state index < -0.39 is 52.5 Å². The first kappa shape index (κ1) is 29.0. The van der Waals surface area contributed by atoms with Crippen LogP contribution in [-0.2, 0) is 12.6 Å². The molecule has 48 heavy (non-hydrogen) atoms. The van der Waals surface area contributed by atoms with Crippen molar-refractivity contribution in [2.75, 3.05) is 44.2 Å². The molecule has 1 saturated carbocycles. The smallest absolute Gasteiger partial charge is 0.431 e. The van der Waals surface area contributed by atoms with E-state index in [1.165, 1.54) is 18.2 Å². The number of benzene rings is 2. The van der Waals surface area contributed by atoms with Gasteiger partial charge in [0.1, 0.15) is 28.6 Å². The average molecular weight is 669 g/mol. The summed E-state index contributed by atoms with van der Waals surface area (Å²) in [7, 11) is 0. The number of alkyl halides is 3. The number of aromatic hydroxyl groups is 1. The van der Waals surface area contributed by atoms with E-state index in [1.54, 1.807) is 6.92 Å². The highest BCUT2D eigenvalue weighted by Crippen LogP contribution is 2.47. The van der Waals surface area contributed by atoms with Gasteiger partial charge in [-0.25, -0.2) is 4.39 Å². The number of anilines is 1. The number of halogens is 4. The number of hydrogen-bond acceptors (Lipinski definition) is 8. The molecule has 3 saturated heterocycles. The molecule has 4 fully saturated rings. The lowest BCUT2D eigenvalue weighted by Crippen LogP contribution is -2.51. The zero-order valence-electron chi connectivity index (χ0n) is 28.5. The second-order valence-corrected chi connectivity index (χ2v) is 13.7. The molecule has 4 aliphatic rings. The van der Waals surface area contributed by atoms with Gasteiger partial charge in [-0.05, 0) is 87.2 Å². The zero-order chi connectivity index (χ0) is 35.2. The first-order valence-electron chi connectivity index (χ1n) is 17.7. The molecule has 4 aromatic rings. The molecular weight excluding hydrogens is 628 g/mol. The highest BCUT2D eigenvalue weighted by atomic mass is 19.4. The van der Waals surface area contributed by atoms with E-state index in [-0.39, 0.29) is 51.7 Å². The molecule has 2 N–H and O–H groups in total. The van der Waals surface area contributed by atoms with Crippen molar-refractivity contribution in [2.24, 2.45) is 5.41 Å². The van der Waals surface area contributed by atoms with Crippen LogP contribution in [0.15, 0.2) is 35.1 Å². The van der Waals surface area contributed by atoms with E-state index in [0.717, 1.165) is 50.9 Å². The first-order chi connectivity index (χ1) is 23.8. The molecule has 2 aromatic carbocycles. The fourth-order valence-corrected chi connectivity index (χ4v) is 7.82. The highest BCUT2D eigenvalue weighted by molar-refractivity contribution is 5.96. The summed E-state index contributed by atoms with van der Waals surface area (Å²) in [5.41, 5.74) is -4.01. The Hall–Kier alpha value is -3.97. The molecule has 0 spiro atoms. The lowest BCUT2D eigenvalue weighted by Gasteiger charge is -2.34. The summed E-state index contributed by atoms with van der Waals surface area (Å²) in [4.78, 5) is 27.5. The minimum Gasteiger partial charge on any atom is -0.508 e. The van der Waals surface area contributed by atoms with Crippen molar-refractivity contribution in [2.45, 2.75) is 70.1 Å². The second kappa shape index (κ2) is 11.6. The van der Waals surface area contributed by atoms with Crippen LogP contribution in [0.25, 0.3) is 27.4 Å². The molecule has 0 radical (unpaired) electrons. The van der Waals surface area contributed by atoms with Crippen LogP contribution in [-0.4, -0.2) is 75.9 Å². The number of pyridine rings is 1. The number of rotatable bonds is 8. The fourth-order valence-electron chi connectivity index (χ4n) is 7.82. The molecular formula is C35H38F4N6O3. The van der Waals surface area contributed by atoms with Crippen LogP contribution in [0, 0.1) is 11.2 Å². The minimum absolute atomic E-state index is 0.0515. The molecule has 0 amide bonds. The van der Waals surface area contributed by atoms with Crippen LogP contribution >= 0.6 is 0 Å². The van der Waals surface area contributed by atoms with Gasteiger partial charge in [0, 0.05) is 48.6 Å². The van der Waals surface area contributed by atoms with Gasteiger partial charge in [-0.1, -0.05) is 13.0 Å². The topological polar surface area (TPSA) is 95.8 Å². The number of phenolic OH excluding ortho intramolecular Hbond substituents is 1. The van der Waals surface area contributed by atoms with Crippen LogP contribution in [0.5, 0.6) is 11.8 Å². The number of ether oxygens (including phenoxy) is 1. The van der Waals surface area contributed by atoms with E-state index in [2.05, 4.69) is 20.2 Å². The number of aromatic nitrogens is 3. The number of fused-ring (bicyclic) bond motifs is 4. The van der Waals surface area contributed by atoms with Crippen molar-refractivity contribution >= 4 is 27.5 Å². The zero-order valence-corrected chi connectivity index (χ0v) is 26.5. The number of nitrogens with one attached hydrogen (secondary N) is 1. The predicted octanol–water partition coefficient (Wildman–Crippen LogP) is 5.56. The summed E-state index contributed by atoms with van der Waals surface area (Å²) in [6.45, 7) is 2.47. The van der Waals surface area contributed by atoms with Gasteiger partial charge in [0.15, 0.2) is 0 Å². The Kier molecular flexibility index (Phi) is 6.99. The summed E-state index contributed by atoms with van der Waals surface area (Å²) in [6, 6.07) is 5.35. The SMILES string of the molecule is [2H]C([2H])(Oc1nc(N2C[C@H]3CC[C@@H](C2)N3)c2cc(C(F)(F)F)n(-c3cc(O)cc4ccc(F)c(CC)c34)c(=O)c2n1)C1(CN2CCCC2)CC1. The second-order valence-electron chi connectivity index (χ2n) is 13.7. The van der Waals surface area contributed by atoms with Crippen LogP contribution in [0.3, 0.4) is 0 Å². The third kappa shape index (κ3) is 5.54. The van der Waals surface area contributed by atoms with Crippen molar-refractivity contribution in [1.82, 2.24) is 24.8 Å². The lowest BCUT2D eigenvalue weighted by molar-refractivity contribution is -0.142. The normalized spacial score (nSPS) is 23.1. The molecule has 2 atom stereocenters. The summed E-state index contributed by atoms with van der Waals surface area (Å²) in [5.74, 6) is -1.02. The van der Waals surface area contributed by atoms with Gasteiger partial charge in [-0.15, -0.1) is 0 Å². The van der Waals surface area contributed by atoms with Crippen LogP contribution < -0.4 is 20.5 Å². The molecule has 13 heteroatoms. The fraction of sp³-hybridized carbons (Fsp3) is 0.514. The summed E-state index contributed by atoms with van der Waals surface area (Å²) < 4.78 is 84.8. The van der Waals surface area contributed by atoms with E-state index in [4.69, 9.17) is 7.48 Å². The molecule has 2 bridgehead atoms. The van der Waals surface area contributed by atoms with Gasteiger partial charge in [-0.2, -0.15) is 23.1 Å². The van der Waals surface area contributed by atoms with Crippen molar-refractivity contribution < 1.29 is 30.1 Å². The lowest BCUT2D eigenvalue weighted by atomic mass is 9.99. The van der Waals surface area contributed by atoms with Crippen molar-refractivity contribution in [1.29, 1.82) is 0 Å². The van der Waals surface area contributed by atoms with E-state index in [1.807, 2.05) is 4.90 Å². The molecule has 5 heterocycles. The third-order valence-electron chi connectivity index (χ3n) is 10.3. The van der Waals surface area contributed by atoms with Gasteiger partial charge >= 0.3 is 12.2 Å².